The zero-order valence-electron chi connectivity index (χ0n) is 14.2. The Balaban J connectivity index is 1.78. The van der Waals surface area contributed by atoms with E-state index in [-0.39, 0.29) is 17.7 Å². The number of amides is 2. The Morgan fingerprint density at radius 2 is 1.82 bits per heavy atom. The zero-order valence-corrected chi connectivity index (χ0v) is 21.0. The molecule has 2 amide bonds. The van der Waals surface area contributed by atoms with Crippen LogP contribution in [-0.2, 0) is 11.4 Å². The normalized spacial score (nSPS) is 15.2. The Labute approximate surface area is 202 Å². The van der Waals surface area contributed by atoms with Gasteiger partial charge < -0.3 is 4.74 Å². The summed E-state index contributed by atoms with van der Waals surface area (Å²) in [6.45, 7) is 0.448. The van der Waals surface area contributed by atoms with E-state index in [1.807, 2.05) is 36.4 Å². The van der Waals surface area contributed by atoms with Gasteiger partial charge in [0, 0.05) is 4.47 Å². The first-order valence-electron chi connectivity index (χ1n) is 7.94. The number of carbonyl (C=O) groups is 2. The van der Waals surface area contributed by atoms with Crippen molar-refractivity contribution in [3.63, 3.8) is 0 Å². The van der Waals surface area contributed by atoms with Crippen molar-refractivity contribution in [3.05, 3.63) is 64.0 Å². The molecule has 0 N–H and O–H groups in total. The standard InChI is InChI=1S/C20H12BrI2NO3S/c1-2-7-24-19(25)17(28-20(24)26)10-13-8-15(22)18(16(23)9-13)27-11-12-3-5-14(21)6-4-12/h1,3-6,8-10H,7,11H2/b17-10+. The molecule has 1 fully saturated rings. The van der Waals surface area contributed by atoms with Gasteiger partial charge in [-0.15, -0.1) is 6.42 Å². The Kier molecular flexibility index (Phi) is 7.47. The fraction of sp³-hybridized carbons (Fsp3) is 0.100. The largest absolute Gasteiger partial charge is 0.487 e. The number of nitrogens with zero attached hydrogens (tertiary/aromatic N) is 1. The monoisotopic (exact) mass is 679 g/mol. The van der Waals surface area contributed by atoms with Gasteiger partial charge in [-0.3, -0.25) is 14.5 Å². The van der Waals surface area contributed by atoms with E-state index in [1.165, 1.54) is 0 Å². The van der Waals surface area contributed by atoms with Gasteiger partial charge in [-0.25, -0.2) is 0 Å². The zero-order chi connectivity index (χ0) is 20.3. The summed E-state index contributed by atoms with van der Waals surface area (Å²) in [7, 11) is 0. The minimum Gasteiger partial charge on any atom is -0.487 e. The second-order valence-corrected chi connectivity index (χ2v) is 9.93. The molecule has 0 saturated carbocycles. The summed E-state index contributed by atoms with van der Waals surface area (Å²) in [6.07, 6.45) is 6.93. The molecule has 142 valence electrons. The lowest BCUT2D eigenvalue weighted by atomic mass is 10.2. The summed E-state index contributed by atoms with van der Waals surface area (Å²) >= 11 is 8.75. The maximum Gasteiger partial charge on any atom is 0.294 e. The van der Waals surface area contributed by atoms with E-state index in [0.717, 1.165) is 45.2 Å². The van der Waals surface area contributed by atoms with Crippen molar-refractivity contribution in [1.29, 1.82) is 0 Å². The third kappa shape index (κ3) is 5.11. The molecule has 28 heavy (non-hydrogen) atoms. The molecule has 0 aliphatic carbocycles. The van der Waals surface area contributed by atoms with Crippen LogP contribution in [0.3, 0.4) is 0 Å². The minimum atomic E-state index is -0.353. The SMILES string of the molecule is C#CCN1C(=O)S/C(=C/c2cc(I)c(OCc3ccc(Br)cc3)c(I)c2)C1=O. The molecule has 8 heteroatoms. The highest BCUT2D eigenvalue weighted by atomic mass is 127. The van der Waals surface area contributed by atoms with Gasteiger partial charge in [0.1, 0.15) is 12.4 Å². The number of hydrogen-bond donors (Lipinski definition) is 0. The molecule has 0 spiro atoms. The lowest BCUT2D eigenvalue weighted by Gasteiger charge is -2.12. The third-order valence-corrected chi connectivity index (χ3v) is 6.78. The average molecular weight is 680 g/mol. The number of rotatable bonds is 5. The summed E-state index contributed by atoms with van der Waals surface area (Å²) in [5, 5.41) is -0.340. The summed E-state index contributed by atoms with van der Waals surface area (Å²) in [5.41, 5.74) is 1.90. The molecule has 1 aliphatic heterocycles. The number of terminal acetylenes is 1. The van der Waals surface area contributed by atoms with E-state index >= 15 is 0 Å². The van der Waals surface area contributed by atoms with Crippen molar-refractivity contribution in [2.24, 2.45) is 0 Å². The maximum atomic E-state index is 12.3. The number of thioether (sulfide) groups is 1. The van der Waals surface area contributed by atoms with Crippen molar-refractivity contribution in [3.8, 4) is 18.1 Å². The van der Waals surface area contributed by atoms with Crippen LogP contribution in [0, 0.1) is 19.5 Å². The predicted octanol–water partition coefficient (Wildman–Crippen LogP) is 5.91. The molecule has 0 unspecified atom stereocenters. The van der Waals surface area contributed by atoms with Crippen molar-refractivity contribution in [1.82, 2.24) is 4.90 Å². The fourth-order valence-electron chi connectivity index (χ4n) is 2.42. The second-order valence-electron chi connectivity index (χ2n) is 5.70. The number of hydrogen-bond acceptors (Lipinski definition) is 4. The Morgan fingerprint density at radius 1 is 1.18 bits per heavy atom. The topological polar surface area (TPSA) is 46.6 Å². The first-order chi connectivity index (χ1) is 13.4. The van der Waals surface area contributed by atoms with Crippen LogP contribution in [0.15, 0.2) is 45.8 Å². The second kappa shape index (κ2) is 9.65. The Morgan fingerprint density at radius 3 is 2.43 bits per heavy atom. The van der Waals surface area contributed by atoms with Crippen molar-refractivity contribution in [2.75, 3.05) is 6.54 Å². The highest BCUT2D eigenvalue weighted by Crippen LogP contribution is 2.35. The lowest BCUT2D eigenvalue weighted by molar-refractivity contribution is -0.122. The third-order valence-electron chi connectivity index (χ3n) is 3.74. The van der Waals surface area contributed by atoms with E-state index in [0.29, 0.717) is 11.5 Å². The predicted molar refractivity (Wildman–Crippen MR) is 132 cm³/mol. The first kappa shape index (κ1) is 21.7. The molecule has 1 aliphatic rings. The van der Waals surface area contributed by atoms with Crippen LogP contribution in [0.4, 0.5) is 4.79 Å². The van der Waals surface area contributed by atoms with Gasteiger partial charge in [0.15, 0.2) is 0 Å². The van der Waals surface area contributed by atoms with E-state index in [9.17, 15) is 9.59 Å². The first-order valence-corrected chi connectivity index (χ1v) is 11.7. The summed E-state index contributed by atoms with van der Waals surface area (Å²) in [5.74, 6) is 2.77. The van der Waals surface area contributed by atoms with Crippen molar-refractivity contribution >= 4 is 90.1 Å². The molecule has 0 atom stereocenters. The number of halogens is 3. The van der Waals surface area contributed by atoms with Crippen molar-refractivity contribution < 1.29 is 14.3 Å². The van der Waals surface area contributed by atoms with Crippen LogP contribution in [0.2, 0.25) is 0 Å². The van der Waals surface area contributed by atoms with Gasteiger partial charge >= 0.3 is 0 Å². The van der Waals surface area contributed by atoms with Gasteiger partial charge in [0.2, 0.25) is 0 Å². The van der Waals surface area contributed by atoms with Gasteiger partial charge in [-0.05, 0) is 98.4 Å². The highest BCUT2D eigenvalue weighted by molar-refractivity contribution is 14.1. The Hall–Kier alpha value is -1.03. The molecule has 2 aromatic carbocycles. The van der Waals surface area contributed by atoms with Crippen molar-refractivity contribution in [2.45, 2.75) is 6.61 Å². The van der Waals surface area contributed by atoms with E-state index in [4.69, 9.17) is 11.2 Å². The lowest BCUT2D eigenvalue weighted by Crippen LogP contribution is -2.28. The molecule has 3 rings (SSSR count). The summed E-state index contributed by atoms with van der Waals surface area (Å²) in [6, 6.07) is 11.8. The molecule has 2 aromatic rings. The quantitative estimate of drug-likeness (QED) is 0.224. The minimum absolute atomic E-state index is 0.0140. The molecule has 4 nitrogen and oxygen atoms in total. The molecule has 1 saturated heterocycles. The van der Waals surface area contributed by atoms with Crippen LogP contribution >= 0.6 is 72.9 Å². The summed E-state index contributed by atoms with van der Waals surface area (Å²) < 4.78 is 8.88. The fourth-order valence-corrected chi connectivity index (χ4v) is 5.65. The van der Waals surface area contributed by atoms with Gasteiger partial charge in [0.05, 0.1) is 18.6 Å². The van der Waals surface area contributed by atoms with E-state index in [1.54, 1.807) is 6.08 Å². The average Bonchev–Trinajstić information content (AvgIpc) is 2.90. The number of ether oxygens (including phenoxy) is 1. The van der Waals surface area contributed by atoms with Crippen LogP contribution < -0.4 is 4.74 Å². The van der Waals surface area contributed by atoms with E-state index < -0.39 is 0 Å². The summed E-state index contributed by atoms with van der Waals surface area (Å²) in [4.78, 5) is 25.7. The molecular weight excluding hydrogens is 668 g/mol. The number of imide groups is 1. The van der Waals surface area contributed by atoms with Gasteiger partial charge in [0.25, 0.3) is 11.1 Å². The Bertz CT molecular complexity index is 992. The molecule has 1 heterocycles. The van der Waals surface area contributed by atoms with Gasteiger partial charge in [-0.1, -0.05) is 34.0 Å². The van der Waals surface area contributed by atoms with Crippen LogP contribution in [-0.4, -0.2) is 22.6 Å². The van der Waals surface area contributed by atoms with Crippen LogP contribution in [0.1, 0.15) is 11.1 Å². The van der Waals surface area contributed by atoms with Crippen LogP contribution in [0.5, 0.6) is 5.75 Å². The van der Waals surface area contributed by atoms with Gasteiger partial charge in [-0.2, -0.15) is 0 Å². The maximum absolute atomic E-state index is 12.3. The molecule has 0 bridgehead atoms. The number of carbonyl (C=O) groups excluding carboxylic acids is 2. The highest BCUT2D eigenvalue weighted by Gasteiger charge is 2.34. The molecule has 0 radical (unpaired) electrons. The van der Waals surface area contributed by atoms with Crippen LogP contribution in [0.25, 0.3) is 6.08 Å². The van der Waals surface area contributed by atoms with E-state index in [2.05, 4.69) is 67.0 Å². The molecular formula is C20H12BrI2NO3S. The smallest absolute Gasteiger partial charge is 0.294 e. The molecule has 0 aromatic heterocycles. The number of benzene rings is 2.